The molecular weight excluding hydrogens is 406 g/mol. The van der Waals surface area contributed by atoms with E-state index in [-0.39, 0.29) is 5.97 Å². The smallest absolute Gasteiger partial charge is 0.341 e. The summed E-state index contributed by atoms with van der Waals surface area (Å²) in [6, 6.07) is 3.93. The predicted octanol–water partition coefficient (Wildman–Crippen LogP) is 3.91. The molecule has 0 atom stereocenters. The lowest BCUT2D eigenvalue weighted by molar-refractivity contribution is 0.0601. The number of thiophene rings is 1. The number of fused-ring (bicyclic) bond motifs is 1. The maximum absolute atomic E-state index is 12.5. The second-order valence-corrected chi connectivity index (χ2v) is 9.02. The summed E-state index contributed by atoms with van der Waals surface area (Å²) < 4.78 is 10.5. The average Bonchev–Trinajstić information content (AvgIpc) is 3.29. The fourth-order valence-electron chi connectivity index (χ4n) is 4.06. The number of furan rings is 1. The van der Waals surface area contributed by atoms with Gasteiger partial charge in [-0.15, -0.1) is 11.3 Å². The van der Waals surface area contributed by atoms with Gasteiger partial charge in [0.25, 0.3) is 0 Å². The Kier molecular flexibility index (Phi) is 6.52. The third-order valence-electron chi connectivity index (χ3n) is 5.65. The number of hydrogen-bond acceptors (Lipinski definition) is 6. The molecule has 2 aromatic rings. The second-order valence-electron chi connectivity index (χ2n) is 7.53. The van der Waals surface area contributed by atoms with Crippen molar-refractivity contribution in [3.63, 3.8) is 0 Å². The molecule has 0 unspecified atom stereocenters. The van der Waals surface area contributed by atoms with Crippen molar-refractivity contribution in [1.29, 1.82) is 0 Å². The molecule has 1 N–H and O–H groups in total. The van der Waals surface area contributed by atoms with Gasteiger partial charge in [-0.05, 0) is 55.6 Å². The molecule has 0 aromatic carbocycles. The number of rotatable bonds is 4. The molecule has 0 spiro atoms. The van der Waals surface area contributed by atoms with Crippen molar-refractivity contribution in [2.45, 2.75) is 38.6 Å². The number of nitrogens with one attached hydrogen (secondary N) is 1. The molecule has 1 saturated heterocycles. The third-order valence-corrected chi connectivity index (χ3v) is 7.22. The van der Waals surface area contributed by atoms with Gasteiger partial charge in [-0.2, -0.15) is 0 Å². The molecule has 3 heterocycles. The summed E-state index contributed by atoms with van der Waals surface area (Å²) in [6.07, 6.45) is 7.20. The summed E-state index contributed by atoms with van der Waals surface area (Å²) >= 11 is 7.36. The van der Waals surface area contributed by atoms with Crippen LogP contribution in [0, 0.1) is 0 Å². The molecule has 4 rings (SSSR count). The fraction of sp³-hybridized carbons (Fsp3) is 0.524. The zero-order chi connectivity index (χ0) is 20.2. The first kappa shape index (κ1) is 20.4. The molecule has 0 radical (unpaired) electrons. The van der Waals surface area contributed by atoms with E-state index in [0.717, 1.165) is 68.3 Å². The molecule has 1 aliphatic carbocycles. The third kappa shape index (κ3) is 4.65. The van der Waals surface area contributed by atoms with E-state index >= 15 is 0 Å². The summed E-state index contributed by atoms with van der Waals surface area (Å²) in [4.78, 5) is 18.4. The van der Waals surface area contributed by atoms with Crippen molar-refractivity contribution in [2.24, 2.45) is 0 Å². The van der Waals surface area contributed by atoms with Gasteiger partial charge < -0.3 is 19.4 Å². The molecule has 1 fully saturated rings. The van der Waals surface area contributed by atoms with Crippen LogP contribution in [0.1, 0.15) is 45.8 Å². The van der Waals surface area contributed by atoms with E-state index < -0.39 is 0 Å². The summed E-state index contributed by atoms with van der Waals surface area (Å²) in [5, 5.41) is 4.90. The van der Waals surface area contributed by atoms with E-state index in [9.17, 15) is 4.79 Å². The Morgan fingerprint density at radius 3 is 2.76 bits per heavy atom. The number of aryl methyl sites for hydroxylation is 1. The number of nitrogens with zero attached hydrogens (tertiary/aromatic N) is 2. The van der Waals surface area contributed by atoms with E-state index in [4.69, 9.17) is 21.4 Å². The van der Waals surface area contributed by atoms with Crippen molar-refractivity contribution < 1.29 is 13.9 Å². The van der Waals surface area contributed by atoms with Gasteiger partial charge in [0, 0.05) is 31.1 Å². The van der Waals surface area contributed by atoms with Crippen molar-refractivity contribution in [1.82, 2.24) is 9.80 Å². The summed E-state index contributed by atoms with van der Waals surface area (Å²) in [5.74, 6) is 0.722. The lowest BCUT2D eigenvalue weighted by atomic mass is 10.1. The van der Waals surface area contributed by atoms with Crippen molar-refractivity contribution in [3.05, 3.63) is 40.2 Å². The topological polar surface area (TPSA) is 58.0 Å². The van der Waals surface area contributed by atoms with E-state index in [1.807, 2.05) is 12.1 Å². The van der Waals surface area contributed by atoms with Gasteiger partial charge in [0.15, 0.2) is 5.11 Å². The van der Waals surface area contributed by atoms with Crippen LogP contribution in [0.15, 0.2) is 22.8 Å². The van der Waals surface area contributed by atoms with Crippen LogP contribution in [0.5, 0.6) is 0 Å². The minimum atomic E-state index is -0.266. The van der Waals surface area contributed by atoms with E-state index in [2.05, 4.69) is 15.1 Å². The van der Waals surface area contributed by atoms with Crippen molar-refractivity contribution >= 4 is 39.6 Å². The number of piperazine rings is 1. The van der Waals surface area contributed by atoms with Crippen LogP contribution in [0.2, 0.25) is 0 Å². The normalized spacial score (nSPS) is 17.5. The van der Waals surface area contributed by atoms with Gasteiger partial charge in [0.1, 0.15) is 10.8 Å². The van der Waals surface area contributed by atoms with Crippen molar-refractivity contribution in [2.75, 3.05) is 38.6 Å². The molecule has 8 heteroatoms. The lowest BCUT2D eigenvalue weighted by Crippen LogP contribution is -2.49. The molecular formula is C21H27N3O3S2. The van der Waals surface area contributed by atoms with Crippen molar-refractivity contribution in [3.8, 4) is 0 Å². The zero-order valence-electron chi connectivity index (χ0n) is 16.7. The first-order chi connectivity index (χ1) is 14.2. The van der Waals surface area contributed by atoms with Crippen LogP contribution in [0.4, 0.5) is 5.00 Å². The Labute approximate surface area is 180 Å². The highest BCUT2D eigenvalue weighted by atomic mass is 32.1. The monoisotopic (exact) mass is 433 g/mol. The Morgan fingerprint density at radius 1 is 1.24 bits per heavy atom. The quantitative estimate of drug-likeness (QED) is 0.446. The Hall–Kier alpha value is -1.90. The number of carbonyl (C=O) groups is 1. The molecule has 29 heavy (non-hydrogen) atoms. The van der Waals surface area contributed by atoms with E-state index in [1.54, 1.807) is 17.6 Å². The van der Waals surface area contributed by atoms with Gasteiger partial charge >= 0.3 is 5.97 Å². The predicted molar refractivity (Wildman–Crippen MR) is 119 cm³/mol. The van der Waals surface area contributed by atoms with Gasteiger partial charge in [-0.25, -0.2) is 4.79 Å². The minimum Gasteiger partial charge on any atom is -0.468 e. The molecule has 6 nitrogen and oxygen atoms in total. The summed E-state index contributed by atoms with van der Waals surface area (Å²) in [5.41, 5.74) is 1.85. The number of hydrogen-bond donors (Lipinski definition) is 1. The Morgan fingerprint density at radius 2 is 2.03 bits per heavy atom. The SMILES string of the molecule is COC(=O)c1c(NC(=S)N2CCN(Cc3ccco3)CC2)sc2c1CCCCC2. The van der Waals surface area contributed by atoms with Crippen LogP contribution >= 0.6 is 23.6 Å². The number of anilines is 1. The van der Waals surface area contributed by atoms with Crippen LogP contribution < -0.4 is 5.32 Å². The average molecular weight is 434 g/mol. The van der Waals surface area contributed by atoms with Gasteiger partial charge in [-0.3, -0.25) is 4.90 Å². The Bertz CT molecular complexity index is 855. The first-order valence-corrected chi connectivity index (χ1v) is 11.4. The minimum absolute atomic E-state index is 0.266. The van der Waals surface area contributed by atoms with Gasteiger partial charge in [0.2, 0.25) is 0 Å². The van der Waals surface area contributed by atoms with Gasteiger partial charge in [0.05, 0.1) is 25.5 Å². The molecule has 2 aromatic heterocycles. The number of esters is 1. The van der Waals surface area contributed by atoms with Gasteiger partial charge in [-0.1, -0.05) is 6.42 Å². The van der Waals surface area contributed by atoms with Crippen LogP contribution in [-0.2, 0) is 24.1 Å². The van der Waals surface area contributed by atoms with Crippen LogP contribution in [0.25, 0.3) is 0 Å². The molecule has 0 amide bonds. The number of ether oxygens (including phenoxy) is 1. The number of thiocarbonyl (C=S) groups is 1. The zero-order valence-corrected chi connectivity index (χ0v) is 18.4. The largest absolute Gasteiger partial charge is 0.468 e. The standard InChI is InChI=1S/C21H27N3O3S2/c1-26-20(25)18-16-7-3-2-4-8-17(16)29-19(18)22-21(28)24-11-9-23(10-12-24)14-15-6-5-13-27-15/h5-6,13H,2-4,7-12,14H2,1H3,(H,22,28). The van der Waals surface area contributed by atoms with E-state index in [1.165, 1.54) is 24.8 Å². The summed E-state index contributed by atoms with van der Waals surface area (Å²) in [7, 11) is 1.45. The van der Waals surface area contributed by atoms with Crippen LogP contribution in [0.3, 0.4) is 0 Å². The molecule has 2 aliphatic rings. The summed E-state index contributed by atoms with van der Waals surface area (Å²) in [6.45, 7) is 4.38. The lowest BCUT2D eigenvalue weighted by Gasteiger charge is -2.35. The second kappa shape index (κ2) is 9.28. The first-order valence-electron chi connectivity index (χ1n) is 10.2. The molecule has 0 saturated carbocycles. The van der Waals surface area contributed by atoms with E-state index in [0.29, 0.717) is 10.7 Å². The Balaban J connectivity index is 1.41. The maximum atomic E-state index is 12.5. The molecule has 156 valence electrons. The fourth-order valence-corrected chi connectivity index (χ4v) is 5.68. The maximum Gasteiger partial charge on any atom is 0.341 e. The highest BCUT2D eigenvalue weighted by molar-refractivity contribution is 7.80. The van der Waals surface area contributed by atoms with Crippen LogP contribution in [-0.4, -0.2) is 54.2 Å². The molecule has 0 bridgehead atoms. The molecule has 1 aliphatic heterocycles. The number of carbonyl (C=O) groups excluding carboxylic acids is 1. The number of methoxy groups -OCH3 is 1. The highest BCUT2D eigenvalue weighted by Gasteiger charge is 2.27. The highest BCUT2D eigenvalue weighted by Crippen LogP contribution is 2.38.